The van der Waals surface area contributed by atoms with E-state index in [0.29, 0.717) is 0 Å². The van der Waals surface area contributed by atoms with Gasteiger partial charge in [-0.15, -0.1) is 13.3 Å². The summed E-state index contributed by atoms with van der Waals surface area (Å²) in [4.78, 5) is 0. The Morgan fingerprint density at radius 3 is 2.18 bits per heavy atom. The van der Waals surface area contributed by atoms with Gasteiger partial charge in [0.25, 0.3) is 0 Å². The third kappa shape index (κ3) is 4.12. The molecule has 0 heterocycles. The molecule has 1 unspecified atom stereocenters. The molecular formula is C16H24Ti-2. The second kappa shape index (κ2) is 7.18. The van der Waals surface area contributed by atoms with E-state index in [1.165, 1.54) is 16.7 Å². The van der Waals surface area contributed by atoms with E-state index in [2.05, 4.69) is 52.8 Å². The summed E-state index contributed by atoms with van der Waals surface area (Å²) in [5, 5.41) is 0. The minimum atomic E-state index is 0. The number of allylic oxidation sites excluding steroid dienone is 8. The van der Waals surface area contributed by atoms with Gasteiger partial charge in [0.05, 0.1) is 0 Å². The van der Waals surface area contributed by atoms with Crippen molar-refractivity contribution in [3.05, 3.63) is 47.1 Å². The topological polar surface area (TPSA) is 0 Å². The molecule has 0 aromatic heterocycles. The summed E-state index contributed by atoms with van der Waals surface area (Å²) in [5.74, 6) is 0. The van der Waals surface area contributed by atoms with Gasteiger partial charge in [-0.1, -0.05) is 39.5 Å². The van der Waals surface area contributed by atoms with Crippen molar-refractivity contribution >= 4 is 0 Å². The van der Waals surface area contributed by atoms with E-state index in [-0.39, 0.29) is 30.0 Å². The molecule has 1 heteroatoms. The van der Waals surface area contributed by atoms with Gasteiger partial charge in [-0.2, -0.15) is 17.2 Å². The fraction of sp³-hybridized carbons (Fsp3) is 0.500. The van der Waals surface area contributed by atoms with Crippen LogP contribution in [0.1, 0.15) is 50.3 Å². The monoisotopic (exact) mass is 264 g/mol. The fourth-order valence-electron chi connectivity index (χ4n) is 1.99. The van der Waals surface area contributed by atoms with Crippen molar-refractivity contribution in [2.45, 2.75) is 47.5 Å². The van der Waals surface area contributed by atoms with Crippen LogP contribution in [0.2, 0.25) is 0 Å². The van der Waals surface area contributed by atoms with Crippen LogP contribution in [0.3, 0.4) is 0 Å². The molecule has 1 atom stereocenters. The van der Waals surface area contributed by atoms with Gasteiger partial charge >= 0.3 is 21.7 Å². The van der Waals surface area contributed by atoms with Crippen molar-refractivity contribution < 1.29 is 24.6 Å². The maximum atomic E-state index is 3.52. The Bertz CT molecular complexity index is 368. The first kappa shape index (κ1) is 16.7. The Balaban J connectivity index is -0.000000277. The van der Waals surface area contributed by atoms with Crippen LogP contribution < -0.4 is 0 Å². The summed E-state index contributed by atoms with van der Waals surface area (Å²) < 4.78 is 0. The Morgan fingerprint density at radius 1 is 1.35 bits per heavy atom. The Hall–Kier alpha value is -0.326. The average molecular weight is 264 g/mol. The van der Waals surface area contributed by atoms with Crippen LogP contribution in [0, 0.1) is 17.6 Å². The molecular weight excluding hydrogens is 240 g/mol. The summed E-state index contributed by atoms with van der Waals surface area (Å²) in [5.41, 5.74) is 4.51. The first-order chi connectivity index (χ1) is 7.51. The van der Waals surface area contributed by atoms with Crippen molar-refractivity contribution in [2.24, 2.45) is 5.41 Å². The van der Waals surface area contributed by atoms with Gasteiger partial charge in [-0.05, 0) is 0 Å². The number of hydrogen-bond donors (Lipinski definition) is 0. The number of rotatable bonds is 1. The molecule has 0 saturated carbocycles. The SMILES string of the molecule is CCC1(C)[C-]=C(C)C(C)=C1C.[C-]1=CC=CC1.[H-].[H-].[Ti+2]. The van der Waals surface area contributed by atoms with Crippen LogP contribution >= 0.6 is 0 Å². The van der Waals surface area contributed by atoms with Crippen molar-refractivity contribution in [2.75, 3.05) is 0 Å². The van der Waals surface area contributed by atoms with Crippen LogP contribution in [0.5, 0.6) is 0 Å². The van der Waals surface area contributed by atoms with Gasteiger partial charge in [0.15, 0.2) is 0 Å². The molecule has 0 aromatic carbocycles. The van der Waals surface area contributed by atoms with E-state index < -0.39 is 0 Å². The Kier molecular flexibility index (Phi) is 7.05. The molecule has 0 N–H and O–H groups in total. The molecule has 0 radical (unpaired) electrons. The summed E-state index contributed by atoms with van der Waals surface area (Å²) in [6.07, 6.45) is 14.7. The second-order valence-corrected chi connectivity index (χ2v) is 4.69. The average Bonchev–Trinajstić information content (AvgIpc) is 2.89. The van der Waals surface area contributed by atoms with Gasteiger partial charge in [0.2, 0.25) is 0 Å². The molecule has 0 fully saturated rings. The quantitative estimate of drug-likeness (QED) is 0.460. The molecule has 0 nitrogen and oxygen atoms in total. The van der Waals surface area contributed by atoms with Crippen molar-refractivity contribution in [1.82, 2.24) is 0 Å². The zero-order valence-corrected chi connectivity index (χ0v) is 13.2. The zero-order chi connectivity index (χ0) is 12.2. The number of hydrogen-bond acceptors (Lipinski definition) is 0. The van der Waals surface area contributed by atoms with E-state index in [1.807, 2.05) is 12.2 Å². The third-order valence-electron chi connectivity index (χ3n) is 3.71. The van der Waals surface area contributed by atoms with E-state index >= 15 is 0 Å². The predicted octanol–water partition coefficient (Wildman–Crippen LogP) is 5.03. The fourth-order valence-corrected chi connectivity index (χ4v) is 1.99. The van der Waals surface area contributed by atoms with E-state index in [4.69, 9.17) is 0 Å². The minimum Gasteiger partial charge on any atom is -1.00 e. The second-order valence-electron chi connectivity index (χ2n) is 4.69. The minimum absolute atomic E-state index is 0. The molecule has 0 aromatic rings. The van der Waals surface area contributed by atoms with Crippen molar-refractivity contribution in [3.8, 4) is 0 Å². The zero-order valence-electron chi connectivity index (χ0n) is 13.6. The largest absolute Gasteiger partial charge is 2.00 e. The van der Waals surface area contributed by atoms with Crippen LogP contribution in [-0.4, -0.2) is 0 Å². The van der Waals surface area contributed by atoms with Gasteiger partial charge in [-0.25, -0.2) is 17.7 Å². The smallest absolute Gasteiger partial charge is 1.00 e. The molecule has 0 aliphatic heterocycles. The molecule has 2 aliphatic carbocycles. The van der Waals surface area contributed by atoms with Gasteiger partial charge < -0.3 is 2.85 Å². The van der Waals surface area contributed by atoms with Crippen LogP contribution in [0.15, 0.2) is 34.9 Å². The summed E-state index contributed by atoms with van der Waals surface area (Å²) in [7, 11) is 0. The van der Waals surface area contributed by atoms with Gasteiger partial charge in [0, 0.05) is 0 Å². The van der Waals surface area contributed by atoms with E-state index in [1.54, 1.807) is 0 Å². The summed E-state index contributed by atoms with van der Waals surface area (Å²) in [6.45, 7) is 11.1. The first-order valence-corrected chi connectivity index (χ1v) is 6.03. The van der Waals surface area contributed by atoms with Crippen LogP contribution in [0.25, 0.3) is 0 Å². The van der Waals surface area contributed by atoms with Crippen LogP contribution in [-0.2, 0) is 21.7 Å². The van der Waals surface area contributed by atoms with Crippen molar-refractivity contribution in [1.29, 1.82) is 0 Å². The first-order valence-electron chi connectivity index (χ1n) is 6.03. The molecule has 0 saturated heterocycles. The van der Waals surface area contributed by atoms with Gasteiger partial charge in [0.1, 0.15) is 0 Å². The maximum Gasteiger partial charge on any atom is 2.00 e. The third-order valence-corrected chi connectivity index (χ3v) is 3.71. The van der Waals surface area contributed by atoms with Crippen LogP contribution in [0.4, 0.5) is 0 Å². The van der Waals surface area contributed by atoms with Gasteiger partial charge in [-0.3, -0.25) is 12.2 Å². The molecule has 17 heavy (non-hydrogen) atoms. The molecule has 0 amide bonds. The molecule has 0 spiro atoms. The molecule has 0 bridgehead atoms. The summed E-state index contributed by atoms with van der Waals surface area (Å²) in [6, 6.07) is 0. The van der Waals surface area contributed by atoms with E-state index in [9.17, 15) is 0 Å². The maximum absolute atomic E-state index is 3.52. The summed E-state index contributed by atoms with van der Waals surface area (Å²) >= 11 is 0. The standard InChI is InChI=1S/C11H17.C5H5.Ti.2H/c1-6-11(5)7-8(2)9(3)10(11)4;1-2-4-5-3-1;;;/h6H2,1-5H3;1-3H,4H2;;;/q2*-1;+2;2*-1. The van der Waals surface area contributed by atoms with Crippen molar-refractivity contribution in [3.63, 3.8) is 0 Å². The van der Waals surface area contributed by atoms with E-state index in [0.717, 1.165) is 12.8 Å². The predicted molar refractivity (Wildman–Crippen MR) is 73.0 cm³/mol. The molecule has 2 aliphatic rings. The Labute approximate surface area is 124 Å². The molecule has 94 valence electrons. The Morgan fingerprint density at radius 2 is 2.00 bits per heavy atom. The molecule has 2 rings (SSSR count). The normalized spacial score (nSPS) is 25.4.